The van der Waals surface area contributed by atoms with Gasteiger partial charge in [-0.3, -0.25) is 32.5 Å². The van der Waals surface area contributed by atoms with Crippen LogP contribution in [-0.2, 0) is 55.8 Å². The molecule has 0 aliphatic rings. The van der Waals surface area contributed by atoms with E-state index < -0.39 is 91.5 Å². The van der Waals surface area contributed by atoms with Crippen LogP contribution in [0.5, 0.6) is 0 Å². The molecule has 0 bridgehead atoms. The minimum absolute atomic E-state index is 0.0952. The number of esters is 3. The van der Waals surface area contributed by atoms with Gasteiger partial charge in [0.1, 0.15) is 25.4 Å². The second-order valence-electron chi connectivity index (χ2n) is 30.3. The highest BCUT2D eigenvalue weighted by Crippen LogP contribution is 2.45. The smallest absolute Gasteiger partial charge is 0.463 e. The minimum Gasteiger partial charge on any atom is -0.463 e. The molecule has 18 heteroatoms. The quantitative estimate of drug-likeness (QED) is 0.0146. The normalized spacial score (nSPS) is 14.4. The molecule has 652 valence electrons. The lowest BCUT2D eigenvalue weighted by Crippen LogP contribution is -2.30. The summed E-state index contributed by atoms with van der Waals surface area (Å²) >= 11 is 0. The zero-order valence-electron chi connectivity index (χ0n) is 71.8. The first-order valence-electron chi connectivity index (χ1n) is 45.5. The van der Waals surface area contributed by atoms with Crippen molar-refractivity contribution in [1.29, 1.82) is 0 Å². The Morgan fingerprint density at radius 1 is 0.257 bits per heavy atom. The molecule has 0 aromatic rings. The number of carbonyl (C=O) groups is 3. The number of phosphoric ester groups is 2. The molecule has 0 saturated carbocycles. The molecule has 0 amide bonds. The summed E-state index contributed by atoms with van der Waals surface area (Å²) in [6, 6.07) is 0. The summed E-state index contributed by atoms with van der Waals surface area (Å²) in [6.07, 6.45) is 108. The number of hydrogen-bond donors (Lipinski definition) is 4. The second kappa shape index (κ2) is 87.0. The van der Waals surface area contributed by atoms with Crippen LogP contribution in [0.3, 0.4) is 0 Å². The molecule has 0 aromatic heterocycles. The molecule has 0 saturated heterocycles. The van der Waals surface area contributed by atoms with E-state index >= 15 is 0 Å². The molecule has 113 heavy (non-hydrogen) atoms. The van der Waals surface area contributed by atoms with Crippen LogP contribution >= 0.6 is 15.6 Å². The average Bonchev–Trinajstić information content (AvgIpc) is 0.902. The zero-order chi connectivity index (χ0) is 82.2. The van der Waals surface area contributed by atoms with Crippen molar-refractivity contribution in [1.82, 2.24) is 0 Å². The van der Waals surface area contributed by atoms with Crippen molar-refractivity contribution >= 4 is 33.6 Å². The van der Waals surface area contributed by atoms with Gasteiger partial charge in [-0.1, -0.05) is 379 Å². The predicted molar refractivity (Wildman–Crippen MR) is 473 cm³/mol. The van der Waals surface area contributed by atoms with Crippen molar-refractivity contribution in [2.24, 2.45) is 0 Å². The minimum atomic E-state index is -4.93. The standard InChI is InChI=1S/C95H166O16P2/c1-4-7-10-13-16-19-22-24-26-28-30-32-34-36-38-40-42-44-46-48-50-52-54-56-58-60-62-64-67-69-72-75-78-81-93(98)105-84-90(96)85-107-112(101,102)108-86-91(97)87-109-113(103,104)110-89-92(111-95(100)83-80-77-74-71-66-21-18-15-12-9-6-3)88-106-94(99)82-79-76-73-70-68-65-63-61-59-57-55-53-51-49-47-45-43-41-39-37-35-33-31-29-27-25-23-20-17-14-11-8-5-2/h7-8,10-11,15-20,24-27,30-33,36-39,90-92,96-97H,4-6,9,12-14,21-23,28-29,34-35,40-89H2,1-3H3,(H,101,102)(H,103,104)/b10-7-,11-8-,18-15-,19-16-,20-17-,26-24-,27-25-,32-30-,33-31-,38-36-,39-37-. The Kier molecular flexibility index (Phi) is 83.7. The maximum Gasteiger partial charge on any atom is 0.472 e. The Bertz CT molecular complexity index is 2580. The van der Waals surface area contributed by atoms with Gasteiger partial charge in [0.15, 0.2) is 6.10 Å². The molecule has 0 aliphatic heterocycles. The highest BCUT2D eigenvalue weighted by atomic mass is 31.2. The lowest BCUT2D eigenvalue weighted by molar-refractivity contribution is -0.161. The summed E-state index contributed by atoms with van der Waals surface area (Å²) < 4.78 is 61.3. The number of aliphatic hydroxyl groups excluding tert-OH is 2. The maximum absolute atomic E-state index is 13.0. The molecule has 5 atom stereocenters. The van der Waals surface area contributed by atoms with Crippen LogP contribution in [0.15, 0.2) is 134 Å². The summed E-state index contributed by atoms with van der Waals surface area (Å²) in [5.74, 6) is -1.57. The van der Waals surface area contributed by atoms with Crippen molar-refractivity contribution < 1.29 is 75.8 Å². The Balaban J connectivity index is 4.32. The number of aliphatic hydroxyl groups is 2. The second-order valence-corrected chi connectivity index (χ2v) is 33.2. The molecular weight excluding hydrogens is 1460 g/mol. The molecule has 0 fully saturated rings. The van der Waals surface area contributed by atoms with E-state index in [0.717, 1.165) is 141 Å². The first-order valence-corrected chi connectivity index (χ1v) is 48.5. The third-order valence-corrected chi connectivity index (χ3v) is 21.2. The van der Waals surface area contributed by atoms with E-state index in [1.54, 1.807) is 0 Å². The van der Waals surface area contributed by atoms with Crippen molar-refractivity contribution in [3.63, 3.8) is 0 Å². The fourth-order valence-corrected chi connectivity index (χ4v) is 14.1. The van der Waals surface area contributed by atoms with Crippen molar-refractivity contribution in [2.45, 2.75) is 411 Å². The third kappa shape index (κ3) is 88.3. The van der Waals surface area contributed by atoms with Crippen LogP contribution < -0.4 is 0 Å². The summed E-state index contributed by atoms with van der Waals surface area (Å²) in [5, 5.41) is 20.7. The number of allylic oxidation sites excluding steroid dienone is 22. The van der Waals surface area contributed by atoms with Crippen LogP contribution in [0, 0.1) is 0 Å². The number of hydrogen-bond acceptors (Lipinski definition) is 14. The number of ether oxygens (including phenoxy) is 3. The molecule has 0 radical (unpaired) electrons. The fraction of sp³-hybridized carbons (Fsp3) is 0.737. The highest BCUT2D eigenvalue weighted by molar-refractivity contribution is 7.47. The molecule has 16 nitrogen and oxygen atoms in total. The largest absolute Gasteiger partial charge is 0.472 e. The Labute approximate surface area is 690 Å². The maximum atomic E-state index is 13.0. The molecule has 0 aliphatic carbocycles. The van der Waals surface area contributed by atoms with Crippen molar-refractivity contribution in [3.8, 4) is 0 Å². The molecule has 0 heterocycles. The fourth-order valence-electron chi connectivity index (χ4n) is 12.5. The first-order chi connectivity index (χ1) is 55.2. The lowest BCUT2D eigenvalue weighted by atomic mass is 10.0. The monoisotopic (exact) mass is 1630 g/mol. The van der Waals surface area contributed by atoms with E-state index in [1.807, 2.05) is 0 Å². The van der Waals surface area contributed by atoms with E-state index in [4.69, 9.17) is 32.3 Å². The van der Waals surface area contributed by atoms with Gasteiger partial charge < -0.3 is 34.2 Å². The molecule has 0 aromatic carbocycles. The van der Waals surface area contributed by atoms with Crippen molar-refractivity contribution in [3.05, 3.63) is 134 Å². The summed E-state index contributed by atoms with van der Waals surface area (Å²) in [5.41, 5.74) is 0. The van der Waals surface area contributed by atoms with Crippen LogP contribution in [0.1, 0.15) is 393 Å². The van der Waals surface area contributed by atoms with Crippen LogP contribution in [-0.4, -0.2) is 95.9 Å². The summed E-state index contributed by atoms with van der Waals surface area (Å²) in [7, 11) is -9.79. The molecule has 0 spiro atoms. The van der Waals surface area contributed by atoms with E-state index in [-0.39, 0.29) is 19.3 Å². The summed E-state index contributed by atoms with van der Waals surface area (Å²) in [6.45, 7) is 2.45. The Morgan fingerprint density at radius 3 is 0.752 bits per heavy atom. The van der Waals surface area contributed by atoms with Crippen LogP contribution in [0.2, 0.25) is 0 Å². The third-order valence-electron chi connectivity index (χ3n) is 19.3. The van der Waals surface area contributed by atoms with Gasteiger partial charge in [-0.05, 0) is 128 Å². The van der Waals surface area contributed by atoms with E-state index in [2.05, 4.69) is 154 Å². The molecule has 4 N–H and O–H groups in total. The van der Waals surface area contributed by atoms with Gasteiger partial charge in [0.05, 0.1) is 26.4 Å². The summed E-state index contributed by atoms with van der Waals surface area (Å²) in [4.78, 5) is 58.8. The van der Waals surface area contributed by atoms with E-state index in [9.17, 15) is 43.5 Å². The number of carbonyl (C=O) groups excluding carboxylic acids is 3. The van der Waals surface area contributed by atoms with E-state index in [1.165, 1.54) is 193 Å². The van der Waals surface area contributed by atoms with Gasteiger partial charge in [0.25, 0.3) is 0 Å². The number of rotatable bonds is 86. The molecule has 0 rings (SSSR count). The van der Waals surface area contributed by atoms with Gasteiger partial charge in [-0.25, -0.2) is 9.13 Å². The van der Waals surface area contributed by atoms with Gasteiger partial charge in [-0.15, -0.1) is 0 Å². The predicted octanol–water partition coefficient (Wildman–Crippen LogP) is 27.8. The van der Waals surface area contributed by atoms with Gasteiger partial charge in [0, 0.05) is 19.3 Å². The van der Waals surface area contributed by atoms with Crippen LogP contribution in [0.25, 0.3) is 0 Å². The highest BCUT2D eigenvalue weighted by Gasteiger charge is 2.29. The topological polar surface area (TPSA) is 231 Å². The van der Waals surface area contributed by atoms with Gasteiger partial charge >= 0.3 is 33.6 Å². The SMILES string of the molecule is CC/C=C\C/C=C\C/C=C\C/C=C\C/C=C\CCCCCCCCCCCCCCCCCCCC(=O)OCC(O)COP(=O)(O)OCC(O)COP(=O)(O)OCC(COC(=O)CCCCCCCCCCCCCCCCCCC/C=C\C/C=C\C/C=C\C/C=C\C/C=C\CC)OC(=O)CCCCCCC/C=C\CCCC. The molecule has 5 unspecified atom stereocenters. The van der Waals surface area contributed by atoms with Crippen molar-refractivity contribution in [2.75, 3.05) is 39.6 Å². The first kappa shape index (κ1) is 109. The number of unbranched alkanes of at least 4 members (excludes halogenated alkanes) is 41. The van der Waals surface area contributed by atoms with Gasteiger partial charge in [0.2, 0.25) is 0 Å². The van der Waals surface area contributed by atoms with E-state index in [0.29, 0.717) is 19.3 Å². The zero-order valence-corrected chi connectivity index (χ0v) is 73.6. The average molecular weight is 1630 g/mol. The Morgan fingerprint density at radius 2 is 0.469 bits per heavy atom. The number of phosphoric acid groups is 2. The molecular formula is C95H166O16P2. The lowest BCUT2D eigenvalue weighted by Gasteiger charge is -2.21. The van der Waals surface area contributed by atoms with Gasteiger partial charge in [-0.2, -0.15) is 0 Å². The Hall–Kier alpha value is -4.31. The van der Waals surface area contributed by atoms with Crippen LogP contribution in [0.4, 0.5) is 0 Å².